The smallest absolute Gasteiger partial charge is 0.272 e. The first-order chi connectivity index (χ1) is 11.6. The van der Waals surface area contributed by atoms with Gasteiger partial charge in [0.05, 0.1) is 23.7 Å². The molecule has 1 aromatic carbocycles. The van der Waals surface area contributed by atoms with Crippen LogP contribution in [0.25, 0.3) is 10.8 Å². The monoisotopic (exact) mass is 327 g/mol. The molecular weight excluding hydrogens is 310 g/mol. The van der Waals surface area contributed by atoms with Gasteiger partial charge in [0.15, 0.2) is 5.69 Å². The Balaban J connectivity index is 1.96. The van der Waals surface area contributed by atoms with Crippen LogP contribution in [0, 0.1) is 0 Å². The molecule has 0 aliphatic rings. The van der Waals surface area contributed by atoms with E-state index in [1.54, 1.807) is 49.3 Å². The third-order valence-electron chi connectivity index (χ3n) is 3.77. The Bertz CT molecular complexity index is 931. The van der Waals surface area contributed by atoms with Crippen molar-refractivity contribution in [2.75, 3.05) is 13.7 Å². The molecule has 0 saturated heterocycles. The maximum atomic E-state index is 12.7. The number of aromatic nitrogens is 4. The Morgan fingerprint density at radius 2 is 2.08 bits per heavy atom. The van der Waals surface area contributed by atoms with Gasteiger partial charge in [-0.3, -0.25) is 14.3 Å². The fourth-order valence-electron chi connectivity index (χ4n) is 2.61. The lowest BCUT2D eigenvalue weighted by Gasteiger charge is -2.18. The zero-order chi connectivity index (χ0) is 17.1. The molecule has 0 radical (unpaired) electrons. The number of amides is 1. The maximum absolute atomic E-state index is 12.7. The SMILES string of the molecule is COC[C@@H](NC(=O)c1n[nH]c(=O)c2ccccc12)c1ccnn1C. The van der Waals surface area contributed by atoms with Crippen LogP contribution in [0.3, 0.4) is 0 Å². The van der Waals surface area contributed by atoms with Crippen LogP contribution in [0.4, 0.5) is 0 Å². The summed E-state index contributed by atoms with van der Waals surface area (Å²) in [6, 6.07) is 8.27. The molecule has 3 aromatic rings. The number of nitrogens with zero attached hydrogens (tertiary/aromatic N) is 3. The second-order valence-corrected chi connectivity index (χ2v) is 5.31. The van der Waals surface area contributed by atoms with Gasteiger partial charge in [-0.1, -0.05) is 18.2 Å². The fourth-order valence-corrected chi connectivity index (χ4v) is 2.61. The van der Waals surface area contributed by atoms with Gasteiger partial charge in [0.2, 0.25) is 0 Å². The van der Waals surface area contributed by atoms with Crippen molar-refractivity contribution in [3.05, 3.63) is 58.3 Å². The summed E-state index contributed by atoms with van der Waals surface area (Å²) in [5.41, 5.74) is 0.634. The number of H-pyrrole nitrogens is 1. The molecule has 0 unspecified atom stereocenters. The highest BCUT2D eigenvalue weighted by molar-refractivity contribution is 6.04. The summed E-state index contributed by atoms with van der Waals surface area (Å²) >= 11 is 0. The number of carbonyl (C=O) groups is 1. The summed E-state index contributed by atoms with van der Waals surface area (Å²) < 4.78 is 6.86. The van der Waals surface area contributed by atoms with Crippen LogP contribution in [0.1, 0.15) is 22.2 Å². The summed E-state index contributed by atoms with van der Waals surface area (Å²) in [5.74, 6) is -0.397. The number of aromatic amines is 1. The normalized spacial score (nSPS) is 12.2. The van der Waals surface area contributed by atoms with E-state index in [1.165, 1.54) is 0 Å². The minimum absolute atomic E-state index is 0.161. The highest BCUT2D eigenvalue weighted by atomic mass is 16.5. The van der Waals surface area contributed by atoms with Crippen LogP contribution < -0.4 is 10.9 Å². The molecular formula is C16H17N5O3. The van der Waals surface area contributed by atoms with Crippen LogP contribution in [-0.4, -0.2) is 39.6 Å². The lowest BCUT2D eigenvalue weighted by atomic mass is 10.1. The number of hydrogen-bond acceptors (Lipinski definition) is 5. The molecule has 0 aliphatic carbocycles. The van der Waals surface area contributed by atoms with Gasteiger partial charge in [0, 0.05) is 25.7 Å². The predicted molar refractivity (Wildman–Crippen MR) is 87.7 cm³/mol. The van der Waals surface area contributed by atoms with Gasteiger partial charge in [0.1, 0.15) is 0 Å². The Morgan fingerprint density at radius 1 is 1.33 bits per heavy atom. The number of benzene rings is 1. The van der Waals surface area contributed by atoms with Gasteiger partial charge in [-0.05, 0) is 12.1 Å². The minimum Gasteiger partial charge on any atom is -0.382 e. The van der Waals surface area contributed by atoms with E-state index in [9.17, 15) is 9.59 Å². The summed E-state index contributed by atoms with van der Waals surface area (Å²) in [5, 5.41) is 14.2. The van der Waals surface area contributed by atoms with Crippen LogP contribution in [0.5, 0.6) is 0 Å². The summed E-state index contributed by atoms with van der Waals surface area (Å²) in [6.45, 7) is 0.284. The van der Waals surface area contributed by atoms with Crippen molar-refractivity contribution in [1.29, 1.82) is 0 Å². The Hall–Kier alpha value is -3.00. The van der Waals surface area contributed by atoms with E-state index >= 15 is 0 Å². The van der Waals surface area contributed by atoms with Crippen LogP contribution in [-0.2, 0) is 11.8 Å². The van der Waals surface area contributed by atoms with E-state index in [0.717, 1.165) is 5.69 Å². The Labute approximate surface area is 137 Å². The molecule has 8 nitrogen and oxygen atoms in total. The van der Waals surface area contributed by atoms with Gasteiger partial charge in [-0.2, -0.15) is 10.2 Å². The molecule has 124 valence electrons. The molecule has 1 atom stereocenters. The molecule has 24 heavy (non-hydrogen) atoms. The average Bonchev–Trinajstić information content (AvgIpc) is 3.01. The standard InChI is InChI=1S/C16H17N5O3/c1-21-13(7-8-17-21)12(9-24-2)18-16(23)14-10-5-3-4-6-11(10)15(22)20-19-14/h3-8,12H,9H2,1-2H3,(H,18,23)(H,20,22)/t12-/m1/s1. The van der Waals surface area contributed by atoms with E-state index in [0.29, 0.717) is 10.8 Å². The molecule has 0 aliphatic heterocycles. The van der Waals surface area contributed by atoms with E-state index in [4.69, 9.17) is 4.74 Å². The molecule has 0 spiro atoms. The molecule has 0 bridgehead atoms. The number of methoxy groups -OCH3 is 1. The van der Waals surface area contributed by atoms with Gasteiger partial charge >= 0.3 is 0 Å². The third-order valence-corrected chi connectivity index (χ3v) is 3.77. The van der Waals surface area contributed by atoms with E-state index in [2.05, 4.69) is 20.6 Å². The van der Waals surface area contributed by atoms with Crippen LogP contribution in [0.15, 0.2) is 41.3 Å². The topological polar surface area (TPSA) is 102 Å². The number of rotatable bonds is 5. The number of ether oxygens (including phenoxy) is 1. The largest absolute Gasteiger partial charge is 0.382 e. The van der Waals surface area contributed by atoms with E-state index < -0.39 is 5.91 Å². The molecule has 2 N–H and O–H groups in total. The lowest BCUT2D eigenvalue weighted by molar-refractivity contribution is 0.0888. The van der Waals surface area contributed by atoms with Crippen LogP contribution in [0.2, 0.25) is 0 Å². The summed E-state index contributed by atoms with van der Waals surface area (Å²) in [4.78, 5) is 24.5. The Kier molecular flexibility index (Phi) is 4.39. The van der Waals surface area contributed by atoms with Crippen molar-refractivity contribution < 1.29 is 9.53 Å². The molecule has 0 fully saturated rings. The first-order valence-electron chi connectivity index (χ1n) is 7.37. The molecule has 2 aromatic heterocycles. The number of nitrogens with one attached hydrogen (secondary N) is 2. The molecule has 8 heteroatoms. The van der Waals surface area contributed by atoms with Crippen molar-refractivity contribution in [2.45, 2.75) is 6.04 Å². The highest BCUT2D eigenvalue weighted by Gasteiger charge is 2.21. The second kappa shape index (κ2) is 6.63. The first kappa shape index (κ1) is 15.9. The summed E-state index contributed by atoms with van der Waals surface area (Å²) in [6.07, 6.45) is 1.65. The quantitative estimate of drug-likeness (QED) is 0.721. The number of fused-ring (bicyclic) bond motifs is 1. The molecule has 3 rings (SSSR count). The van der Waals surface area contributed by atoms with E-state index in [-0.39, 0.29) is 23.9 Å². The predicted octanol–water partition coefficient (Wildman–Crippen LogP) is 0.774. The van der Waals surface area contributed by atoms with Crippen molar-refractivity contribution >= 4 is 16.7 Å². The lowest BCUT2D eigenvalue weighted by Crippen LogP contribution is -2.34. The van der Waals surface area contributed by atoms with Crippen molar-refractivity contribution in [3.63, 3.8) is 0 Å². The number of carbonyl (C=O) groups excluding carboxylic acids is 1. The third kappa shape index (κ3) is 2.91. The van der Waals surface area contributed by atoms with Crippen molar-refractivity contribution in [1.82, 2.24) is 25.3 Å². The van der Waals surface area contributed by atoms with Gasteiger partial charge in [-0.25, -0.2) is 5.10 Å². The average molecular weight is 327 g/mol. The fraction of sp³-hybridized carbons (Fsp3) is 0.250. The van der Waals surface area contributed by atoms with E-state index in [1.807, 2.05) is 6.07 Å². The Morgan fingerprint density at radius 3 is 2.75 bits per heavy atom. The number of hydrogen-bond donors (Lipinski definition) is 2. The summed E-state index contributed by atoms with van der Waals surface area (Å²) in [7, 11) is 3.35. The first-order valence-corrected chi connectivity index (χ1v) is 7.37. The highest BCUT2D eigenvalue weighted by Crippen LogP contribution is 2.16. The molecule has 2 heterocycles. The van der Waals surface area contributed by atoms with Crippen molar-refractivity contribution in [2.24, 2.45) is 7.05 Å². The zero-order valence-electron chi connectivity index (χ0n) is 13.3. The molecule has 0 saturated carbocycles. The van der Waals surface area contributed by atoms with Gasteiger partial charge in [0.25, 0.3) is 11.5 Å². The molecule has 1 amide bonds. The van der Waals surface area contributed by atoms with Crippen molar-refractivity contribution in [3.8, 4) is 0 Å². The second-order valence-electron chi connectivity index (χ2n) is 5.31. The minimum atomic E-state index is -0.397. The maximum Gasteiger partial charge on any atom is 0.272 e. The van der Waals surface area contributed by atoms with Gasteiger partial charge < -0.3 is 10.1 Å². The van der Waals surface area contributed by atoms with Crippen LogP contribution >= 0.6 is 0 Å². The van der Waals surface area contributed by atoms with Gasteiger partial charge in [-0.15, -0.1) is 0 Å². The number of aryl methyl sites for hydroxylation is 1. The zero-order valence-corrected chi connectivity index (χ0v) is 13.3.